The Morgan fingerprint density at radius 1 is 1.75 bits per heavy atom. The van der Waals surface area contributed by atoms with Gasteiger partial charge in [0, 0.05) is 0 Å². The van der Waals surface area contributed by atoms with Crippen LogP contribution in [0.3, 0.4) is 0 Å². The van der Waals surface area contributed by atoms with E-state index in [2.05, 4.69) is 11.7 Å². The highest BCUT2D eigenvalue weighted by atomic mass is 16.6. The van der Waals surface area contributed by atoms with E-state index >= 15 is 0 Å². The van der Waals surface area contributed by atoms with Gasteiger partial charge in [0.1, 0.15) is 6.10 Å². The van der Waals surface area contributed by atoms with Gasteiger partial charge in [-0.2, -0.15) is 0 Å². The highest BCUT2D eigenvalue weighted by Gasteiger charge is 2.38. The van der Waals surface area contributed by atoms with Crippen LogP contribution in [0.1, 0.15) is 13.8 Å². The maximum Gasteiger partial charge on any atom is 0.106 e. The Balaban J connectivity index is 2.27. The number of hydrogen-bond donors (Lipinski definition) is 0. The summed E-state index contributed by atoms with van der Waals surface area (Å²) in [6.45, 7) is 7.49. The average Bonchev–Trinajstić information content (AvgIpc) is 2.45. The van der Waals surface area contributed by atoms with Gasteiger partial charge in [-0.25, -0.2) is 0 Å². The topological polar surface area (TPSA) is 24.9 Å². The van der Waals surface area contributed by atoms with Gasteiger partial charge in [0.25, 0.3) is 0 Å². The summed E-state index contributed by atoms with van der Waals surface area (Å²) in [6.07, 6.45) is 0.767. The standard InChI is InChI=1S/C6H11NO/c1-4(7-3)6-5(2)8-6/h4-6H,3H2,1-2H3/t4?,5-,6?/m0/s1. The van der Waals surface area contributed by atoms with Crippen LogP contribution in [0, 0.1) is 0 Å². The van der Waals surface area contributed by atoms with Gasteiger partial charge >= 0.3 is 0 Å². The summed E-state index contributed by atoms with van der Waals surface area (Å²) in [7, 11) is 0. The minimum Gasteiger partial charge on any atom is -0.368 e. The van der Waals surface area contributed by atoms with Crippen molar-refractivity contribution in [2.45, 2.75) is 32.1 Å². The Bertz CT molecular complexity index is 103. The molecule has 0 amide bonds. The van der Waals surface area contributed by atoms with Gasteiger partial charge in [-0.3, -0.25) is 4.99 Å². The van der Waals surface area contributed by atoms with Crippen LogP contribution in [0.25, 0.3) is 0 Å². The Labute approximate surface area is 49.6 Å². The number of ether oxygens (including phenoxy) is 1. The Hall–Kier alpha value is -0.370. The summed E-state index contributed by atoms with van der Waals surface area (Å²) in [5.74, 6) is 0. The molecule has 1 aliphatic rings. The van der Waals surface area contributed by atoms with Crippen molar-refractivity contribution in [3.05, 3.63) is 0 Å². The van der Waals surface area contributed by atoms with Gasteiger partial charge in [-0.05, 0) is 20.6 Å². The molecule has 2 heteroatoms. The van der Waals surface area contributed by atoms with E-state index in [1.165, 1.54) is 0 Å². The average molecular weight is 113 g/mol. The smallest absolute Gasteiger partial charge is 0.106 e. The van der Waals surface area contributed by atoms with Crippen molar-refractivity contribution < 1.29 is 4.74 Å². The number of hydrogen-bond acceptors (Lipinski definition) is 2. The van der Waals surface area contributed by atoms with E-state index in [4.69, 9.17) is 4.74 Å². The second-order valence-corrected chi connectivity index (χ2v) is 2.23. The van der Waals surface area contributed by atoms with Crippen molar-refractivity contribution in [1.82, 2.24) is 0 Å². The summed E-state index contributed by atoms with van der Waals surface area (Å²) in [5, 5.41) is 0. The first kappa shape index (κ1) is 5.76. The molecule has 1 fully saturated rings. The predicted octanol–water partition coefficient (Wildman–Crippen LogP) is 0.863. The second kappa shape index (κ2) is 1.86. The minimum absolute atomic E-state index is 0.282. The van der Waals surface area contributed by atoms with E-state index in [0.29, 0.717) is 12.2 Å². The van der Waals surface area contributed by atoms with Crippen molar-refractivity contribution in [3.8, 4) is 0 Å². The molecule has 2 nitrogen and oxygen atoms in total. The zero-order valence-corrected chi connectivity index (χ0v) is 5.29. The quantitative estimate of drug-likeness (QED) is 0.385. The van der Waals surface area contributed by atoms with E-state index in [1.807, 2.05) is 13.8 Å². The second-order valence-electron chi connectivity index (χ2n) is 2.23. The lowest BCUT2D eigenvalue weighted by Gasteiger charge is -1.95. The third kappa shape index (κ3) is 0.892. The normalized spacial score (nSPS) is 38.8. The summed E-state index contributed by atoms with van der Waals surface area (Å²) < 4.78 is 5.14. The predicted molar refractivity (Wildman–Crippen MR) is 33.3 cm³/mol. The van der Waals surface area contributed by atoms with Crippen molar-refractivity contribution >= 4 is 6.72 Å². The highest BCUT2D eigenvalue weighted by Crippen LogP contribution is 2.25. The van der Waals surface area contributed by atoms with Crippen LogP contribution in [0.15, 0.2) is 4.99 Å². The molecule has 1 aliphatic heterocycles. The van der Waals surface area contributed by atoms with Gasteiger partial charge in [0.05, 0.1) is 12.1 Å². The third-order valence-corrected chi connectivity index (χ3v) is 1.52. The molecule has 46 valence electrons. The molecule has 3 atom stereocenters. The van der Waals surface area contributed by atoms with Gasteiger partial charge < -0.3 is 4.74 Å². The SMILES string of the molecule is C=NC(C)C1O[C@H]1C. The molecule has 0 aromatic carbocycles. The van der Waals surface area contributed by atoms with Gasteiger partial charge in [0.15, 0.2) is 0 Å². The van der Waals surface area contributed by atoms with E-state index in [9.17, 15) is 0 Å². The van der Waals surface area contributed by atoms with E-state index < -0.39 is 0 Å². The highest BCUT2D eigenvalue weighted by molar-refractivity contribution is 5.24. The van der Waals surface area contributed by atoms with Crippen LogP contribution in [0.2, 0.25) is 0 Å². The third-order valence-electron chi connectivity index (χ3n) is 1.52. The van der Waals surface area contributed by atoms with Gasteiger partial charge in [0.2, 0.25) is 0 Å². The Morgan fingerprint density at radius 2 is 2.25 bits per heavy atom. The van der Waals surface area contributed by atoms with E-state index in [0.717, 1.165) is 0 Å². The fourth-order valence-electron chi connectivity index (χ4n) is 0.812. The van der Waals surface area contributed by atoms with Crippen LogP contribution >= 0.6 is 0 Å². The molecule has 0 N–H and O–H groups in total. The molecule has 0 spiro atoms. The monoisotopic (exact) mass is 113 g/mol. The van der Waals surface area contributed by atoms with E-state index in [1.54, 1.807) is 0 Å². The lowest BCUT2D eigenvalue weighted by molar-refractivity contribution is 0.360. The fraction of sp³-hybridized carbons (Fsp3) is 0.833. The van der Waals surface area contributed by atoms with Crippen LogP contribution in [-0.2, 0) is 4.74 Å². The van der Waals surface area contributed by atoms with Crippen molar-refractivity contribution in [2.24, 2.45) is 4.99 Å². The van der Waals surface area contributed by atoms with Crippen LogP contribution in [0.5, 0.6) is 0 Å². The molecule has 0 aromatic rings. The van der Waals surface area contributed by atoms with Gasteiger partial charge in [-0.15, -0.1) is 0 Å². The molecule has 0 saturated carbocycles. The molecular weight excluding hydrogens is 102 g/mol. The number of epoxide rings is 1. The number of rotatable bonds is 2. The molecule has 1 heterocycles. The maximum atomic E-state index is 5.14. The first-order valence-corrected chi connectivity index (χ1v) is 2.87. The van der Waals surface area contributed by atoms with Crippen LogP contribution in [0.4, 0.5) is 0 Å². The van der Waals surface area contributed by atoms with Crippen LogP contribution < -0.4 is 0 Å². The fourth-order valence-corrected chi connectivity index (χ4v) is 0.812. The summed E-state index contributed by atoms with van der Waals surface area (Å²) >= 11 is 0. The largest absolute Gasteiger partial charge is 0.368 e. The molecule has 2 unspecified atom stereocenters. The van der Waals surface area contributed by atoms with Crippen molar-refractivity contribution in [1.29, 1.82) is 0 Å². The molecule has 8 heavy (non-hydrogen) atoms. The summed E-state index contributed by atoms with van der Waals surface area (Å²) in [4.78, 5) is 3.83. The first-order valence-electron chi connectivity index (χ1n) is 2.87. The lowest BCUT2D eigenvalue weighted by atomic mass is 10.2. The van der Waals surface area contributed by atoms with E-state index in [-0.39, 0.29) is 6.04 Å². The molecule has 1 rings (SSSR count). The van der Waals surface area contributed by atoms with Crippen LogP contribution in [-0.4, -0.2) is 25.0 Å². The van der Waals surface area contributed by atoms with Gasteiger partial charge in [-0.1, -0.05) is 0 Å². The maximum absolute atomic E-state index is 5.14. The number of nitrogens with zero attached hydrogens (tertiary/aromatic N) is 1. The number of aliphatic imine (C=N–C) groups is 1. The summed E-state index contributed by atoms with van der Waals surface area (Å²) in [6, 6.07) is 0.282. The first-order chi connectivity index (χ1) is 3.75. The molecule has 0 aliphatic carbocycles. The summed E-state index contributed by atoms with van der Waals surface area (Å²) in [5.41, 5.74) is 0. The Morgan fingerprint density at radius 3 is 2.38 bits per heavy atom. The Kier molecular flexibility index (Phi) is 1.34. The molecule has 1 saturated heterocycles. The molecule has 0 bridgehead atoms. The lowest BCUT2D eigenvalue weighted by Crippen LogP contribution is -2.07. The molecule has 0 aromatic heterocycles. The molecule has 0 radical (unpaired) electrons. The minimum atomic E-state index is 0.282. The van der Waals surface area contributed by atoms with Crippen molar-refractivity contribution in [3.63, 3.8) is 0 Å². The van der Waals surface area contributed by atoms with Crippen molar-refractivity contribution in [2.75, 3.05) is 0 Å². The zero-order valence-electron chi connectivity index (χ0n) is 5.29. The molecular formula is C6H11NO. The zero-order chi connectivity index (χ0) is 6.15.